The van der Waals surface area contributed by atoms with Crippen molar-refractivity contribution in [2.75, 3.05) is 19.7 Å². The predicted molar refractivity (Wildman–Crippen MR) is 81.4 cm³/mol. The van der Waals surface area contributed by atoms with Crippen molar-refractivity contribution in [2.45, 2.75) is 51.2 Å². The molecule has 0 bridgehead atoms. The maximum atomic E-state index is 12.9. The molecule has 3 rings (SSSR count). The van der Waals surface area contributed by atoms with Crippen molar-refractivity contribution in [1.29, 1.82) is 0 Å². The van der Waals surface area contributed by atoms with E-state index in [2.05, 4.69) is 29.8 Å². The van der Waals surface area contributed by atoms with Crippen molar-refractivity contribution in [1.82, 2.24) is 9.88 Å². The average molecular weight is 288 g/mol. The summed E-state index contributed by atoms with van der Waals surface area (Å²) in [5.41, 5.74) is 2.22. The second-order valence-corrected chi connectivity index (χ2v) is 6.34. The highest BCUT2D eigenvalue weighted by Crippen LogP contribution is 2.32. The summed E-state index contributed by atoms with van der Waals surface area (Å²) in [6.07, 6.45) is 4.52. The summed E-state index contributed by atoms with van der Waals surface area (Å²) in [7, 11) is 0. The molecule has 1 saturated heterocycles. The van der Waals surface area contributed by atoms with E-state index in [1.807, 2.05) is 6.07 Å². The first-order chi connectivity index (χ1) is 10.2. The number of hydrogen-bond acceptors (Lipinski definition) is 4. The molecule has 1 aliphatic carbocycles. The molecule has 4 nitrogen and oxygen atoms in total. The topological polar surface area (TPSA) is 42.4 Å². The molecular weight excluding hydrogens is 264 g/mol. The number of fused-ring (bicyclic) bond motifs is 1. The van der Waals surface area contributed by atoms with Crippen LogP contribution in [0.5, 0.6) is 0 Å². The number of pyridine rings is 1. The van der Waals surface area contributed by atoms with Crippen LogP contribution in [0.4, 0.5) is 0 Å². The Hall–Kier alpha value is -1.26. The molecule has 2 atom stereocenters. The Morgan fingerprint density at radius 2 is 2.33 bits per heavy atom. The molecule has 2 heterocycles. The van der Waals surface area contributed by atoms with Gasteiger partial charge in [0.2, 0.25) is 0 Å². The van der Waals surface area contributed by atoms with E-state index in [-0.39, 0.29) is 17.8 Å². The second-order valence-electron chi connectivity index (χ2n) is 6.34. The van der Waals surface area contributed by atoms with Crippen LogP contribution in [0.2, 0.25) is 0 Å². The van der Waals surface area contributed by atoms with Crippen molar-refractivity contribution >= 4 is 5.78 Å². The Bertz CT molecular complexity index is 515. The van der Waals surface area contributed by atoms with Crippen molar-refractivity contribution in [3.05, 3.63) is 29.6 Å². The Kier molecular flexibility index (Phi) is 4.36. The number of carbonyl (C=O) groups excluding carboxylic acids is 1. The Balaban J connectivity index is 1.77. The van der Waals surface area contributed by atoms with Gasteiger partial charge < -0.3 is 4.74 Å². The number of morpholine rings is 1. The minimum absolute atomic E-state index is 0.0768. The third kappa shape index (κ3) is 3.01. The van der Waals surface area contributed by atoms with Crippen LogP contribution >= 0.6 is 0 Å². The largest absolute Gasteiger partial charge is 0.368 e. The van der Waals surface area contributed by atoms with E-state index in [1.54, 1.807) is 6.20 Å². The minimum Gasteiger partial charge on any atom is -0.368 e. The van der Waals surface area contributed by atoms with E-state index in [0.717, 1.165) is 38.0 Å². The number of Topliss-reactive ketones (excluding diaryl/α,β-unsaturated/α-hetero) is 1. The number of aromatic nitrogens is 1. The molecule has 0 amide bonds. The molecule has 2 unspecified atom stereocenters. The fraction of sp³-hybridized carbons (Fsp3) is 0.647. The number of carbonyl (C=O) groups is 1. The van der Waals surface area contributed by atoms with Crippen LogP contribution < -0.4 is 0 Å². The predicted octanol–water partition coefficient (Wildman–Crippen LogP) is 2.18. The first-order valence-electron chi connectivity index (χ1n) is 8.00. The van der Waals surface area contributed by atoms with Crippen LogP contribution in [0.25, 0.3) is 0 Å². The first kappa shape index (κ1) is 14.7. The molecule has 114 valence electrons. The molecule has 0 radical (unpaired) electrons. The highest BCUT2D eigenvalue weighted by atomic mass is 16.5. The normalized spacial score (nSPS) is 26.6. The van der Waals surface area contributed by atoms with Crippen LogP contribution in [-0.4, -0.2) is 47.5 Å². The quantitative estimate of drug-likeness (QED) is 0.855. The van der Waals surface area contributed by atoms with E-state index in [1.165, 1.54) is 5.56 Å². The van der Waals surface area contributed by atoms with Crippen molar-refractivity contribution in [3.8, 4) is 0 Å². The molecule has 1 aromatic rings. The van der Waals surface area contributed by atoms with Crippen LogP contribution in [0.3, 0.4) is 0 Å². The summed E-state index contributed by atoms with van der Waals surface area (Å²) in [4.78, 5) is 19.7. The highest BCUT2D eigenvalue weighted by Gasteiger charge is 2.35. The zero-order valence-electron chi connectivity index (χ0n) is 12.9. The highest BCUT2D eigenvalue weighted by molar-refractivity contribution is 5.90. The lowest BCUT2D eigenvalue weighted by molar-refractivity contribution is -0.139. The van der Waals surface area contributed by atoms with E-state index in [9.17, 15) is 4.79 Å². The molecule has 1 fully saturated rings. The summed E-state index contributed by atoms with van der Waals surface area (Å²) in [5.74, 6) is 0.145. The van der Waals surface area contributed by atoms with E-state index < -0.39 is 0 Å². The minimum atomic E-state index is -0.292. The zero-order valence-corrected chi connectivity index (χ0v) is 12.9. The molecular formula is C17H24N2O2. The molecule has 21 heavy (non-hydrogen) atoms. The summed E-state index contributed by atoms with van der Waals surface area (Å²) in [6, 6.07) is 4.52. The average Bonchev–Trinajstić information content (AvgIpc) is 2.53. The van der Waals surface area contributed by atoms with Gasteiger partial charge >= 0.3 is 0 Å². The number of ether oxygens (including phenoxy) is 1. The number of nitrogens with zero attached hydrogens (tertiary/aromatic N) is 2. The van der Waals surface area contributed by atoms with Gasteiger partial charge in [-0.25, -0.2) is 0 Å². The Labute approximate surface area is 126 Å². The van der Waals surface area contributed by atoms with Crippen molar-refractivity contribution in [3.63, 3.8) is 0 Å². The zero-order chi connectivity index (χ0) is 14.8. The molecule has 0 saturated carbocycles. The van der Waals surface area contributed by atoms with Crippen LogP contribution in [0.15, 0.2) is 18.3 Å². The van der Waals surface area contributed by atoms with Gasteiger partial charge in [0.1, 0.15) is 6.10 Å². The molecule has 0 aromatic carbocycles. The molecule has 1 aliphatic heterocycles. The fourth-order valence-electron chi connectivity index (χ4n) is 3.42. The van der Waals surface area contributed by atoms with Gasteiger partial charge in [-0.2, -0.15) is 0 Å². The lowest BCUT2D eigenvalue weighted by atomic mass is 9.82. The third-order valence-corrected chi connectivity index (χ3v) is 4.68. The first-order valence-corrected chi connectivity index (χ1v) is 8.00. The van der Waals surface area contributed by atoms with E-state index >= 15 is 0 Å². The molecule has 0 N–H and O–H groups in total. The summed E-state index contributed by atoms with van der Waals surface area (Å²) >= 11 is 0. The van der Waals surface area contributed by atoms with Gasteiger partial charge in [0.25, 0.3) is 0 Å². The van der Waals surface area contributed by atoms with Gasteiger partial charge in [-0.3, -0.25) is 14.7 Å². The van der Waals surface area contributed by atoms with Crippen LogP contribution in [0, 0.1) is 0 Å². The van der Waals surface area contributed by atoms with Gasteiger partial charge in [0, 0.05) is 25.3 Å². The second kappa shape index (κ2) is 6.24. The van der Waals surface area contributed by atoms with Crippen molar-refractivity contribution < 1.29 is 9.53 Å². The number of hydrogen-bond donors (Lipinski definition) is 0. The lowest BCUT2D eigenvalue weighted by Crippen LogP contribution is -2.50. The van der Waals surface area contributed by atoms with Gasteiger partial charge in [-0.1, -0.05) is 6.07 Å². The Morgan fingerprint density at radius 1 is 1.48 bits per heavy atom. The maximum absolute atomic E-state index is 12.9. The number of aryl methyl sites for hydroxylation is 1. The number of rotatable bonds is 3. The molecule has 1 aromatic heterocycles. The third-order valence-electron chi connectivity index (χ3n) is 4.68. The molecule has 0 spiro atoms. The molecule has 2 aliphatic rings. The van der Waals surface area contributed by atoms with Crippen LogP contribution in [0.1, 0.15) is 43.9 Å². The fourth-order valence-corrected chi connectivity index (χ4v) is 3.42. The van der Waals surface area contributed by atoms with Gasteiger partial charge in [0.15, 0.2) is 5.78 Å². The maximum Gasteiger partial charge on any atom is 0.171 e. The summed E-state index contributed by atoms with van der Waals surface area (Å²) in [6.45, 7) is 6.63. The van der Waals surface area contributed by atoms with Crippen molar-refractivity contribution in [2.24, 2.45) is 0 Å². The van der Waals surface area contributed by atoms with Gasteiger partial charge in [-0.15, -0.1) is 0 Å². The standard InChI is InChI=1S/C17H24N2O2/c1-12(2)19-9-10-21-15(11-19)17(20)14-7-3-5-13-6-4-8-18-16(13)14/h4,6,8,12,14-15H,3,5,7,9-11H2,1-2H3. The van der Waals surface area contributed by atoms with E-state index in [0.29, 0.717) is 12.6 Å². The van der Waals surface area contributed by atoms with Gasteiger partial charge in [0.05, 0.1) is 18.2 Å². The summed E-state index contributed by atoms with van der Waals surface area (Å²) < 4.78 is 5.77. The number of ketones is 1. The monoisotopic (exact) mass is 288 g/mol. The lowest BCUT2D eigenvalue weighted by Gasteiger charge is -2.36. The summed E-state index contributed by atoms with van der Waals surface area (Å²) in [5, 5.41) is 0. The Morgan fingerprint density at radius 3 is 3.14 bits per heavy atom. The SMILES string of the molecule is CC(C)N1CCOC(C(=O)C2CCCc3cccnc32)C1. The smallest absolute Gasteiger partial charge is 0.171 e. The molecule has 4 heteroatoms. The van der Waals surface area contributed by atoms with Crippen LogP contribution in [-0.2, 0) is 16.0 Å². The van der Waals surface area contributed by atoms with Gasteiger partial charge in [-0.05, 0) is 44.7 Å². The van der Waals surface area contributed by atoms with E-state index in [4.69, 9.17) is 4.74 Å².